The van der Waals surface area contributed by atoms with Gasteiger partial charge in [-0.05, 0) is 45.4 Å². The van der Waals surface area contributed by atoms with Crippen molar-refractivity contribution < 1.29 is 9.53 Å². The standard InChI is InChI=1S/C16H30N2O2/c1-3-20-12-13-7-6-10-18(11-13)15(19)14-8-4-5-9-16(14,2)17/h13-14H,3-12,17H2,1-2H3. The van der Waals surface area contributed by atoms with Gasteiger partial charge in [0.25, 0.3) is 0 Å². The van der Waals surface area contributed by atoms with Gasteiger partial charge in [0, 0.05) is 25.2 Å². The minimum absolute atomic E-state index is 0.0158. The SMILES string of the molecule is CCOCC1CCCN(C(=O)C2CCCCC2(C)N)C1. The number of likely N-dealkylation sites (tertiary alicyclic amines) is 1. The molecular weight excluding hydrogens is 252 g/mol. The predicted molar refractivity (Wildman–Crippen MR) is 80.3 cm³/mol. The highest BCUT2D eigenvalue weighted by Crippen LogP contribution is 2.33. The fourth-order valence-corrected chi connectivity index (χ4v) is 3.67. The molecule has 2 rings (SSSR count). The lowest BCUT2D eigenvalue weighted by Gasteiger charge is -2.42. The van der Waals surface area contributed by atoms with Gasteiger partial charge in [-0.1, -0.05) is 12.8 Å². The molecule has 1 saturated heterocycles. The number of hydrogen-bond donors (Lipinski definition) is 1. The first-order valence-electron chi connectivity index (χ1n) is 8.20. The van der Waals surface area contributed by atoms with E-state index in [1.54, 1.807) is 0 Å². The summed E-state index contributed by atoms with van der Waals surface area (Å²) in [6.45, 7) is 7.36. The molecule has 20 heavy (non-hydrogen) atoms. The van der Waals surface area contributed by atoms with Crippen LogP contribution in [0.3, 0.4) is 0 Å². The first kappa shape index (κ1) is 15.8. The fourth-order valence-electron chi connectivity index (χ4n) is 3.67. The van der Waals surface area contributed by atoms with Gasteiger partial charge in [-0.25, -0.2) is 0 Å². The minimum Gasteiger partial charge on any atom is -0.381 e. The van der Waals surface area contributed by atoms with E-state index < -0.39 is 0 Å². The van der Waals surface area contributed by atoms with Gasteiger partial charge in [0.1, 0.15) is 0 Å². The van der Waals surface area contributed by atoms with E-state index in [4.69, 9.17) is 10.5 Å². The minimum atomic E-state index is -0.317. The molecule has 0 aromatic heterocycles. The lowest BCUT2D eigenvalue weighted by atomic mass is 9.73. The molecule has 3 unspecified atom stereocenters. The van der Waals surface area contributed by atoms with Crippen molar-refractivity contribution in [2.45, 2.75) is 57.9 Å². The first-order valence-corrected chi connectivity index (χ1v) is 8.20. The maximum atomic E-state index is 12.8. The summed E-state index contributed by atoms with van der Waals surface area (Å²) in [7, 11) is 0. The van der Waals surface area contributed by atoms with E-state index in [9.17, 15) is 4.79 Å². The van der Waals surface area contributed by atoms with Gasteiger partial charge in [0.15, 0.2) is 0 Å². The highest BCUT2D eigenvalue weighted by Gasteiger charge is 2.40. The molecule has 0 radical (unpaired) electrons. The summed E-state index contributed by atoms with van der Waals surface area (Å²) in [6, 6.07) is 0. The second-order valence-electron chi connectivity index (χ2n) is 6.76. The Hall–Kier alpha value is -0.610. The molecule has 4 heteroatoms. The highest BCUT2D eigenvalue weighted by molar-refractivity contribution is 5.80. The maximum absolute atomic E-state index is 12.8. The largest absolute Gasteiger partial charge is 0.381 e. The van der Waals surface area contributed by atoms with Crippen molar-refractivity contribution in [3.8, 4) is 0 Å². The van der Waals surface area contributed by atoms with Crippen LogP contribution in [0.5, 0.6) is 0 Å². The molecule has 4 nitrogen and oxygen atoms in total. The normalized spacial score (nSPS) is 35.0. The molecule has 2 aliphatic rings. The van der Waals surface area contributed by atoms with Crippen molar-refractivity contribution in [2.75, 3.05) is 26.3 Å². The van der Waals surface area contributed by atoms with Crippen LogP contribution in [0.4, 0.5) is 0 Å². The number of nitrogens with zero attached hydrogens (tertiary/aromatic N) is 1. The Kier molecular flexibility index (Phi) is 5.44. The zero-order chi connectivity index (χ0) is 14.6. The topological polar surface area (TPSA) is 55.6 Å². The van der Waals surface area contributed by atoms with Crippen molar-refractivity contribution in [3.63, 3.8) is 0 Å². The number of carbonyl (C=O) groups excluding carboxylic acids is 1. The van der Waals surface area contributed by atoms with Gasteiger partial charge in [-0.3, -0.25) is 4.79 Å². The van der Waals surface area contributed by atoms with Crippen LogP contribution in [-0.4, -0.2) is 42.6 Å². The molecule has 1 aliphatic carbocycles. The Labute approximate surface area is 123 Å². The molecule has 2 N–H and O–H groups in total. The summed E-state index contributed by atoms with van der Waals surface area (Å²) in [5.41, 5.74) is 6.06. The molecule has 0 aromatic rings. The summed E-state index contributed by atoms with van der Waals surface area (Å²) < 4.78 is 5.52. The highest BCUT2D eigenvalue weighted by atomic mass is 16.5. The summed E-state index contributed by atoms with van der Waals surface area (Å²) in [5.74, 6) is 0.804. The second-order valence-corrected chi connectivity index (χ2v) is 6.76. The molecule has 2 fully saturated rings. The molecule has 1 saturated carbocycles. The van der Waals surface area contributed by atoms with Crippen LogP contribution in [0.1, 0.15) is 52.4 Å². The number of rotatable bonds is 4. The van der Waals surface area contributed by atoms with Crippen LogP contribution in [0.25, 0.3) is 0 Å². The zero-order valence-electron chi connectivity index (χ0n) is 13.1. The predicted octanol–water partition coefficient (Wildman–Crippen LogP) is 2.17. The summed E-state index contributed by atoms with van der Waals surface area (Å²) in [6.07, 6.45) is 6.49. The van der Waals surface area contributed by atoms with Crippen LogP contribution in [0.2, 0.25) is 0 Å². The van der Waals surface area contributed by atoms with E-state index in [0.717, 1.165) is 58.4 Å². The van der Waals surface area contributed by atoms with Crippen molar-refractivity contribution >= 4 is 5.91 Å². The van der Waals surface area contributed by atoms with Crippen LogP contribution >= 0.6 is 0 Å². The van der Waals surface area contributed by atoms with Gasteiger partial charge in [-0.15, -0.1) is 0 Å². The van der Waals surface area contributed by atoms with Crippen molar-refractivity contribution in [1.29, 1.82) is 0 Å². The van der Waals surface area contributed by atoms with E-state index in [1.807, 2.05) is 11.8 Å². The lowest BCUT2D eigenvalue weighted by Crippen LogP contribution is -2.55. The third-order valence-corrected chi connectivity index (χ3v) is 4.94. The number of carbonyl (C=O) groups is 1. The smallest absolute Gasteiger partial charge is 0.227 e. The Morgan fingerprint density at radius 1 is 1.35 bits per heavy atom. The molecule has 1 amide bonds. The quantitative estimate of drug-likeness (QED) is 0.860. The van der Waals surface area contributed by atoms with E-state index in [0.29, 0.717) is 5.92 Å². The Balaban J connectivity index is 1.94. The molecule has 3 atom stereocenters. The average molecular weight is 282 g/mol. The van der Waals surface area contributed by atoms with Crippen LogP contribution in [-0.2, 0) is 9.53 Å². The van der Waals surface area contributed by atoms with E-state index >= 15 is 0 Å². The Morgan fingerprint density at radius 3 is 2.85 bits per heavy atom. The Morgan fingerprint density at radius 2 is 2.15 bits per heavy atom. The maximum Gasteiger partial charge on any atom is 0.227 e. The number of hydrogen-bond acceptors (Lipinski definition) is 3. The lowest BCUT2D eigenvalue weighted by molar-refractivity contribution is -0.141. The van der Waals surface area contributed by atoms with Crippen LogP contribution < -0.4 is 5.73 Å². The van der Waals surface area contributed by atoms with Gasteiger partial charge < -0.3 is 15.4 Å². The van der Waals surface area contributed by atoms with Crippen molar-refractivity contribution in [1.82, 2.24) is 4.90 Å². The first-order chi connectivity index (χ1) is 9.54. The number of piperidine rings is 1. The Bertz CT molecular complexity index is 330. The summed E-state index contributed by atoms with van der Waals surface area (Å²) >= 11 is 0. The molecule has 1 heterocycles. The zero-order valence-corrected chi connectivity index (χ0v) is 13.1. The third-order valence-electron chi connectivity index (χ3n) is 4.94. The molecular formula is C16H30N2O2. The second kappa shape index (κ2) is 6.90. The monoisotopic (exact) mass is 282 g/mol. The van der Waals surface area contributed by atoms with Crippen LogP contribution in [0, 0.1) is 11.8 Å². The van der Waals surface area contributed by atoms with Gasteiger partial charge >= 0.3 is 0 Å². The summed E-state index contributed by atoms with van der Waals surface area (Å²) in [4.78, 5) is 14.8. The molecule has 1 aliphatic heterocycles. The fraction of sp³-hybridized carbons (Fsp3) is 0.938. The number of amides is 1. The van der Waals surface area contributed by atoms with Gasteiger partial charge in [0.2, 0.25) is 5.91 Å². The van der Waals surface area contributed by atoms with E-state index in [1.165, 1.54) is 6.42 Å². The van der Waals surface area contributed by atoms with E-state index in [-0.39, 0.29) is 17.4 Å². The molecule has 0 bridgehead atoms. The summed E-state index contributed by atoms with van der Waals surface area (Å²) in [5, 5.41) is 0. The number of nitrogens with two attached hydrogens (primary N) is 1. The third kappa shape index (κ3) is 3.73. The van der Waals surface area contributed by atoms with E-state index in [2.05, 4.69) is 6.92 Å². The van der Waals surface area contributed by atoms with Crippen molar-refractivity contribution in [3.05, 3.63) is 0 Å². The molecule has 116 valence electrons. The van der Waals surface area contributed by atoms with Crippen LogP contribution in [0.15, 0.2) is 0 Å². The molecule has 0 aromatic carbocycles. The average Bonchev–Trinajstić information content (AvgIpc) is 2.44. The van der Waals surface area contributed by atoms with Gasteiger partial charge in [-0.2, -0.15) is 0 Å². The number of ether oxygens (including phenoxy) is 1. The van der Waals surface area contributed by atoms with Crippen molar-refractivity contribution in [2.24, 2.45) is 17.6 Å². The van der Waals surface area contributed by atoms with Gasteiger partial charge in [0.05, 0.1) is 12.5 Å². The molecule has 0 spiro atoms.